The van der Waals surface area contributed by atoms with E-state index in [0.29, 0.717) is 0 Å². The summed E-state index contributed by atoms with van der Waals surface area (Å²) in [6.07, 6.45) is 9.80. The van der Waals surface area contributed by atoms with E-state index in [0.717, 1.165) is 0 Å². The van der Waals surface area contributed by atoms with Crippen LogP contribution in [0.3, 0.4) is 0 Å². The molecular formula is C11H25Br2N. The molecule has 0 saturated heterocycles. The summed E-state index contributed by atoms with van der Waals surface area (Å²) >= 11 is 3.45. The fourth-order valence-electron chi connectivity index (χ4n) is 1.41. The Hall–Kier alpha value is 0.920. The average Bonchev–Trinajstić information content (AvgIpc) is 2.09. The molecule has 0 bridgehead atoms. The Balaban J connectivity index is 0. The second-order valence-corrected chi connectivity index (χ2v) is 4.76. The average molecular weight is 331 g/mol. The molecule has 0 unspecified atom stereocenters. The second-order valence-electron chi connectivity index (χ2n) is 3.97. The van der Waals surface area contributed by atoms with Gasteiger partial charge in [-0.3, -0.25) is 0 Å². The van der Waals surface area contributed by atoms with Gasteiger partial charge in [-0.05, 0) is 33.5 Å². The maximum Gasteiger partial charge on any atom is 0.00313 e. The molecule has 0 amide bonds. The first kappa shape index (κ1) is 17.3. The summed E-state index contributed by atoms with van der Waals surface area (Å²) < 4.78 is 0. The van der Waals surface area contributed by atoms with E-state index in [1.54, 1.807) is 0 Å². The van der Waals surface area contributed by atoms with E-state index in [-0.39, 0.29) is 17.0 Å². The number of halogens is 2. The van der Waals surface area contributed by atoms with Crippen LogP contribution in [0.15, 0.2) is 0 Å². The van der Waals surface area contributed by atoms with Crippen LogP contribution < -0.4 is 0 Å². The summed E-state index contributed by atoms with van der Waals surface area (Å²) in [5.74, 6) is 0. The Bertz CT molecular complexity index is 97.3. The monoisotopic (exact) mass is 329 g/mol. The van der Waals surface area contributed by atoms with Gasteiger partial charge in [0.2, 0.25) is 0 Å². The van der Waals surface area contributed by atoms with Gasteiger partial charge in [0, 0.05) is 5.33 Å². The number of unbranched alkanes of at least 4 members (excludes halogenated alkanes) is 6. The van der Waals surface area contributed by atoms with Crippen LogP contribution in [0.2, 0.25) is 0 Å². The van der Waals surface area contributed by atoms with Crippen molar-refractivity contribution in [3.05, 3.63) is 0 Å². The SMILES string of the molecule is Br.CN(C)CCCCCCCCCBr. The van der Waals surface area contributed by atoms with E-state index in [9.17, 15) is 0 Å². The minimum Gasteiger partial charge on any atom is -0.309 e. The third-order valence-corrected chi connectivity index (χ3v) is 2.80. The van der Waals surface area contributed by atoms with Crippen molar-refractivity contribution in [3.8, 4) is 0 Å². The molecule has 0 fully saturated rings. The minimum atomic E-state index is 0. The molecule has 0 rings (SSSR count). The summed E-state index contributed by atoms with van der Waals surface area (Å²) in [6.45, 7) is 1.25. The van der Waals surface area contributed by atoms with Crippen molar-refractivity contribution in [3.63, 3.8) is 0 Å². The van der Waals surface area contributed by atoms with Gasteiger partial charge in [-0.1, -0.05) is 48.0 Å². The van der Waals surface area contributed by atoms with Crippen molar-refractivity contribution in [2.45, 2.75) is 44.9 Å². The van der Waals surface area contributed by atoms with Gasteiger partial charge in [0.1, 0.15) is 0 Å². The van der Waals surface area contributed by atoms with Crippen LogP contribution in [0.1, 0.15) is 44.9 Å². The minimum absolute atomic E-state index is 0. The number of hydrogen-bond donors (Lipinski definition) is 0. The first-order valence-corrected chi connectivity index (χ1v) is 6.60. The quantitative estimate of drug-likeness (QED) is 0.451. The number of nitrogens with zero attached hydrogens (tertiary/aromatic N) is 1. The van der Waals surface area contributed by atoms with Crippen molar-refractivity contribution in [2.24, 2.45) is 0 Å². The molecule has 0 aromatic rings. The van der Waals surface area contributed by atoms with E-state index in [1.807, 2.05) is 0 Å². The van der Waals surface area contributed by atoms with Crippen molar-refractivity contribution >= 4 is 32.9 Å². The lowest BCUT2D eigenvalue weighted by molar-refractivity contribution is 0.389. The van der Waals surface area contributed by atoms with Gasteiger partial charge < -0.3 is 4.90 Å². The standard InChI is InChI=1S/C11H24BrN.BrH/c1-13(2)11-9-7-5-3-4-6-8-10-12;/h3-11H2,1-2H3;1H. The lowest BCUT2D eigenvalue weighted by atomic mass is 10.1. The second kappa shape index (κ2) is 13.9. The van der Waals surface area contributed by atoms with Crippen LogP contribution >= 0.6 is 32.9 Å². The third kappa shape index (κ3) is 15.4. The van der Waals surface area contributed by atoms with E-state index < -0.39 is 0 Å². The Labute approximate surface area is 109 Å². The van der Waals surface area contributed by atoms with Crippen LogP contribution in [0.5, 0.6) is 0 Å². The van der Waals surface area contributed by atoms with E-state index in [1.165, 1.54) is 56.8 Å². The summed E-state index contributed by atoms with van der Waals surface area (Å²) in [6, 6.07) is 0. The molecule has 0 heterocycles. The zero-order valence-corrected chi connectivity index (χ0v) is 12.9. The molecule has 0 aliphatic rings. The molecule has 0 spiro atoms. The van der Waals surface area contributed by atoms with Gasteiger partial charge in [-0.15, -0.1) is 17.0 Å². The topological polar surface area (TPSA) is 3.24 Å². The van der Waals surface area contributed by atoms with Crippen molar-refractivity contribution in [1.29, 1.82) is 0 Å². The first-order chi connectivity index (χ1) is 6.27. The first-order valence-electron chi connectivity index (χ1n) is 5.48. The van der Waals surface area contributed by atoms with Crippen molar-refractivity contribution in [1.82, 2.24) is 4.90 Å². The van der Waals surface area contributed by atoms with E-state index >= 15 is 0 Å². The Morgan fingerprint density at radius 1 is 0.786 bits per heavy atom. The number of alkyl halides is 1. The molecule has 1 nitrogen and oxygen atoms in total. The van der Waals surface area contributed by atoms with Crippen LogP contribution in [-0.2, 0) is 0 Å². The Morgan fingerprint density at radius 2 is 1.21 bits per heavy atom. The van der Waals surface area contributed by atoms with E-state index in [2.05, 4.69) is 34.9 Å². The highest BCUT2D eigenvalue weighted by Gasteiger charge is 1.92. The molecule has 0 saturated carbocycles. The van der Waals surface area contributed by atoms with Gasteiger partial charge >= 0.3 is 0 Å². The molecular weight excluding hydrogens is 306 g/mol. The van der Waals surface area contributed by atoms with Crippen LogP contribution in [0, 0.1) is 0 Å². The van der Waals surface area contributed by atoms with Gasteiger partial charge in [0.25, 0.3) is 0 Å². The molecule has 14 heavy (non-hydrogen) atoms. The molecule has 0 atom stereocenters. The van der Waals surface area contributed by atoms with Gasteiger partial charge in [0.15, 0.2) is 0 Å². The molecule has 0 aliphatic carbocycles. The van der Waals surface area contributed by atoms with Crippen molar-refractivity contribution < 1.29 is 0 Å². The molecule has 88 valence electrons. The predicted octanol–water partition coefficient (Wildman–Crippen LogP) is 4.25. The molecule has 0 aromatic heterocycles. The predicted molar refractivity (Wildman–Crippen MR) is 75.0 cm³/mol. The molecule has 0 aliphatic heterocycles. The summed E-state index contributed by atoms with van der Waals surface area (Å²) in [4.78, 5) is 2.27. The molecule has 0 radical (unpaired) electrons. The molecule has 0 aromatic carbocycles. The number of rotatable bonds is 9. The summed E-state index contributed by atoms with van der Waals surface area (Å²) in [5, 5.41) is 1.17. The maximum atomic E-state index is 3.45. The van der Waals surface area contributed by atoms with Crippen LogP contribution in [-0.4, -0.2) is 30.9 Å². The zero-order valence-electron chi connectivity index (χ0n) is 9.60. The maximum absolute atomic E-state index is 3.45. The van der Waals surface area contributed by atoms with Gasteiger partial charge in [-0.2, -0.15) is 0 Å². The van der Waals surface area contributed by atoms with Gasteiger partial charge in [0.05, 0.1) is 0 Å². The fourth-order valence-corrected chi connectivity index (χ4v) is 1.80. The number of hydrogen-bond acceptors (Lipinski definition) is 1. The van der Waals surface area contributed by atoms with Crippen LogP contribution in [0.4, 0.5) is 0 Å². The highest BCUT2D eigenvalue weighted by atomic mass is 79.9. The Kier molecular flexibility index (Phi) is 17.2. The highest BCUT2D eigenvalue weighted by molar-refractivity contribution is 9.09. The molecule has 3 heteroatoms. The molecule has 0 N–H and O–H groups in total. The van der Waals surface area contributed by atoms with Crippen LogP contribution in [0.25, 0.3) is 0 Å². The largest absolute Gasteiger partial charge is 0.309 e. The lowest BCUT2D eigenvalue weighted by Gasteiger charge is -2.08. The van der Waals surface area contributed by atoms with Gasteiger partial charge in [-0.25, -0.2) is 0 Å². The normalized spacial score (nSPS) is 10.3. The van der Waals surface area contributed by atoms with Crippen molar-refractivity contribution in [2.75, 3.05) is 26.0 Å². The third-order valence-electron chi connectivity index (χ3n) is 2.24. The zero-order chi connectivity index (χ0) is 9.94. The lowest BCUT2D eigenvalue weighted by Crippen LogP contribution is -2.12. The summed E-state index contributed by atoms with van der Waals surface area (Å²) in [7, 11) is 4.30. The fraction of sp³-hybridized carbons (Fsp3) is 1.00. The van der Waals surface area contributed by atoms with E-state index in [4.69, 9.17) is 0 Å². The highest BCUT2D eigenvalue weighted by Crippen LogP contribution is 2.07. The summed E-state index contributed by atoms with van der Waals surface area (Å²) in [5.41, 5.74) is 0. The Morgan fingerprint density at radius 3 is 1.64 bits per heavy atom. The smallest absolute Gasteiger partial charge is 0.00313 e.